The summed E-state index contributed by atoms with van der Waals surface area (Å²) in [5, 5.41) is 20.8. The SMILES string of the molecule is COC(=O)/N=C(/N)c1ccc2cn(S(=O)(=O)N3CCN(C(=O)c4nc5c(s4)CNC(C)C5)C(C(=O)NCc4nn[nH]n4)C3)cc2c1. The third-order valence-electron chi connectivity index (χ3n) is 7.68. The fraction of sp³-hybridized carbons (Fsp3) is 0.385. The van der Waals surface area contributed by atoms with Crippen LogP contribution in [0.25, 0.3) is 10.8 Å². The number of carbonyl (C=O) groups is 3. The molecule has 3 aromatic heterocycles. The highest BCUT2D eigenvalue weighted by molar-refractivity contribution is 7.87. The Balaban J connectivity index is 1.26. The number of piperazine rings is 1. The highest BCUT2D eigenvalue weighted by Crippen LogP contribution is 2.27. The van der Waals surface area contributed by atoms with Crippen molar-refractivity contribution in [3.8, 4) is 0 Å². The number of nitrogens with zero attached hydrogens (tertiary/aromatic N) is 8. The summed E-state index contributed by atoms with van der Waals surface area (Å²) in [4.78, 5) is 49.3. The smallest absolute Gasteiger partial charge is 0.435 e. The second-order valence-corrected chi connectivity index (χ2v) is 13.6. The van der Waals surface area contributed by atoms with Crippen molar-refractivity contribution < 1.29 is 27.5 Å². The van der Waals surface area contributed by atoms with E-state index in [0.717, 1.165) is 18.8 Å². The number of hydrogen-bond acceptors (Lipinski definition) is 12. The molecule has 20 heteroatoms. The van der Waals surface area contributed by atoms with Crippen molar-refractivity contribution in [3.63, 3.8) is 0 Å². The number of amides is 3. The molecule has 4 aromatic rings. The van der Waals surface area contributed by atoms with Gasteiger partial charge in [0.05, 0.1) is 19.3 Å². The molecular weight excluding hydrogens is 640 g/mol. The van der Waals surface area contributed by atoms with Crippen LogP contribution in [0, 0.1) is 0 Å². The average Bonchev–Trinajstić information content (AvgIpc) is 3.82. The van der Waals surface area contributed by atoms with E-state index in [1.165, 1.54) is 35.7 Å². The van der Waals surface area contributed by atoms with Crippen LogP contribution in [0.1, 0.15) is 38.7 Å². The van der Waals surface area contributed by atoms with Gasteiger partial charge in [-0.1, -0.05) is 17.3 Å². The monoisotopic (exact) mass is 670 g/mol. The van der Waals surface area contributed by atoms with E-state index in [4.69, 9.17) is 5.73 Å². The standard InChI is InChI=1S/C26H30N12O6S2/c1-14-7-18-20(9-28-14)45-24(30-18)25(40)38-6-5-36(13-19(38)23(39)29-10-21-32-34-35-33-21)46(42,43)37-11-16-4-3-15(8-17(16)12-37)22(27)31-26(41)44-2/h3-4,8,11-12,14,19,28H,5-7,9-10,13H2,1-2H3,(H,29,39)(H2,27,31,41)(H,32,33,34,35). The number of carbonyl (C=O) groups excluding carboxylic acids is 3. The van der Waals surface area contributed by atoms with Crippen LogP contribution in [0.2, 0.25) is 0 Å². The van der Waals surface area contributed by atoms with Gasteiger partial charge >= 0.3 is 16.3 Å². The Bertz CT molecular complexity index is 1940. The normalized spacial score (nSPS) is 19.2. The molecular formula is C26H30N12O6S2. The fourth-order valence-electron chi connectivity index (χ4n) is 5.25. The van der Waals surface area contributed by atoms with Crippen molar-refractivity contribution in [2.24, 2.45) is 10.7 Å². The number of aliphatic imine (C=N–C) groups is 1. The third kappa shape index (κ3) is 6.18. The molecule has 0 bridgehead atoms. The van der Waals surface area contributed by atoms with E-state index in [9.17, 15) is 22.8 Å². The zero-order valence-electron chi connectivity index (χ0n) is 24.7. The van der Waals surface area contributed by atoms with Crippen molar-refractivity contribution in [2.45, 2.75) is 38.5 Å². The van der Waals surface area contributed by atoms with E-state index in [-0.39, 0.29) is 48.9 Å². The first-order valence-electron chi connectivity index (χ1n) is 14.1. The molecule has 5 heterocycles. The van der Waals surface area contributed by atoms with Crippen LogP contribution in [-0.2, 0) is 39.3 Å². The summed E-state index contributed by atoms with van der Waals surface area (Å²) in [6, 6.07) is 3.88. The third-order valence-corrected chi connectivity index (χ3v) is 10.5. The van der Waals surface area contributed by atoms with Crippen molar-refractivity contribution in [2.75, 3.05) is 26.7 Å². The minimum absolute atomic E-state index is 0.0529. The summed E-state index contributed by atoms with van der Waals surface area (Å²) in [6.45, 7) is 2.12. The molecule has 1 aromatic carbocycles. The summed E-state index contributed by atoms with van der Waals surface area (Å²) in [6.07, 6.45) is 2.64. The number of hydrogen-bond donors (Lipinski definition) is 4. The first kappa shape index (κ1) is 31.2. The minimum atomic E-state index is -4.19. The second kappa shape index (κ2) is 12.5. The average molecular weight is 671 g/mol. The predicted molar refractivity (Wildman–Crippen MR) is 164 cm³/mol. The Morgan fingerprint density at radius 3 is 2.78 bits per heavy atom. The maximum absolute atomic E-state index is 13.9. The van der Waals surface area contributed by atoms with Gasteiger partial charge in [-0.15, -0.1) is 21.5 Å². The maximum Gasteiger partial charge on any atom is 0.435 e. The number of fused-ring (bicyclic) bond motifs is 2. The Morgan fingerprint density at radius 2 is 2.02 bits per heavy atom. The molecule has 0 radical (unpaired) electrons. The minimum Gasteiger partial charge on any atom is -0.451 e. The molecule has 3 amide bonds. The van der Waals surface area contributed by atoms with Crippen LogP contribution in [0.15, 0.2) is 35.6 Å². The Kier molecular flexibility index (Phi) is 8.51. The van der Waals surface area contributed by atoms with Gasteiger partial charge in [0.25, 0.3) is 5.91 Å². The number of amidine groups is 1. The van der Waals surface area contributed by atoms with Crippen molar-refractivity contribution in [1.82, 2.24) is 49.4 Å². The first-order chi connectivity index (χ1) is 22.0. The second-order valence-electron chi connectivity index (χ2n) is 10.7. The number of aromatic amines is 1. The number of nitrogens with two attached hydrogens (primary N) is 1. The zero-order chi connectivity index (χ0) is 32.6. The number of ether oxygens (including phenoxy) is 1. The number of rotatable bonds is 7. The summed E-state index contributed by atoms with van der Waals surface area (Å²) in [5.41, 5.74) is 7.15. The Labute approximate surface area is 266 Å². The molecule has 18 nitrogen and oxygen atoms in total. The topological polar surface area (TPSA) is 236 Å². The number of nitrogens with one attached hydrogen (secondary N) is 3. The number of methoxy groups -OCH3 is 1. The van der Waals surface area contributed by atoms with Gasteiger partial charge in [0, 0.05) is 72.2 Å². The lowest BCUT2D eigenvalue weighted by atomic mass is 10.1. The molecule has 242 valence electrons. The molecule has 0 saturated carbocycles. The predicted octanol–water partition coefficient (Wildman–Crippen LogP) is -0.647. The summed E-state index contributed by atoms with van der Waals surface area (Å²) >= 11 is 1.27. The van der Waals surface area contributed by atoms with Crippen LogP contribution in [0.5, 0.6) is 0 Å². The van der Waals surface area contributed by atoms with Crippen LogP contribution in [0.4, 0.5) is 4.79 Å². The largest absolute Gasteiger partial charge is 0.451 e. The maximum atomic E-state index is 13.9. The van der Waals surface area contributed by atoms with Crippen molar-refractivity contribution in [1.29, 1.82) is 0 Å². The molecule has 2 unspecified atom stereocenters. The Morgan fingerprint density at radius 1 is 1.22 bits per heavy atom. The Hall–Kier alpha value is -4.79. The lowest BCUT2D eigenvalue weighted by Crippen LogP contribution is -2.61. The quantitative estimate of drug-likeness (QED) is 0.142. The summed E-state index contributed by atoms with van der Waals surface area (Å²) in [7, 11) is -3.02. The number of benzene rings is 1. The molecule has 5 N–H and O–H groups in total. The van der Waals surface area contributed by atoms with Crippen molar-refractivity contribution in [3.05, 3.63) is 57.6 Å². The molecule has 2 atom stereocenters. The van der Waals surface area contributed by atoms with Crippen LogP contribution < -0.4 is 16.4 Å². The van der Waals surface area contributed by atoms with E-state index >= 15 is 0 Å². The molecule has 2 aliphatic heterocycles. The van der Waals surface area contributed by atoms with Gasteiger partial charge in [0.2, 0.25) is 5.91 Å². The molecule has 1 fully saturated rings. The summed E-state index contributed by atoms with van der Waals surface area (Å²) < 4.78 is 34.5. The van der Waals surface area contributed by atoms with Crippen LogP contribution in [0.3, 0.4) is 0 Å². The van der Waals surface area contributed by atoms with Gasteiger partial charge in [-0.3, -0.25) is 9.59 Å². The van der Waals surface area contributed by atoms with E-state index in [1.54, 1.807) is 18.2 Å². The highest BCUT2D eigenvalue weighted by atomic mass is 32.2. The molecule has 6 rings (SSSR count). The molecule has 0 aliphatic carbocycles. The fourth-order valence-corrected chi connectivity index (χ4v) is 7.65. The summed E-state index contributed by atoms with van der Waals surface area (Å²) in [5.74, 6) is -0.908. The molecule has 0 spiro atoms. The van der Waals surface area contributed by atoms with E-state index in [1.807, 2.05) is 6.92 Å². The number of H-pyrrole nitrogens is 1. The number of tetrazole rings is 1. The number of aromatic nitrogens is 6. The number of thiazole rings is 1. The lowest BCUT2D eigenvalue weighted by Gasteiger charge is -2.39. The van der Waals surface area contributed by atoms with Crippen LogP contribution in [-0.4, -0.2) is 110 Å². The highest BCUT2D eigenvalue weighted by Gasteiger charge is 2.41. The zero-order valence-corrected chi connectivity index (χ0v) is 26.3. The lowest BCUT2D eigenvalue weighted by molar-refractivity contribution is -0.127. The molecule has 1 saturated heterocycles. The first-order valence-corrected chi connectivity index (χ1v) is 16.3. The van der Waals surface area contributed by atoms with E-state index in [0.29, 0.717) is 29.3 Å². The van der Waals surface area contributed by atoms with Gasteiger partial charge in [0.1, 0.15) is 11.9 Å². The van der Waals surface area contributed by atoms with Gasteiger partial charge in [-0.2, -0.15) is 22.9 Å². The van der Waals surface area contributed by atoms with Gasteiger partial charge in [-0.05, 0) is 13.0 Å². The molecule has 46 heavy (non-hydrogen) atoms. The van der Waals surface area contributed by atoms with Gasteiger partial charge in [0.15, 0.2) is 10.8 Å². The van der Waals surface area contributed by atoms with Gasteiger partial charge in [-0.25, -0.2) is 13.8 Å². The van der Waals surface area contributed by atoms with E-state index < -0.39 is 34.2 Å². The van der Waals surface area contributed by atoms with Crippen LogP contribution >= 0.6 is 11.3 Å². The van der Waals surface area contributed by atoms with Crippen molar-refractivity contribution >= 4 is 56.1 Å². The van der Waals surface area contributed by atoms with Gasteiger partial charge < -0.3 is 26.0 Å². The van der Waals surface area contributed by atoms with E-state index in [2.05, 4.69) is 46.0 Å². The molecule has 2 aliphatic rings.